The number of likely N-dealkylation sites (tertiary alicyclic amines) is 1. The molecular weight excluding hydrogens is 437 g/mol. The van der Waals surface area contributed by atoms with Crippen molar-refractivity contribution in [3.63, 3.8) is 0 Å². The van der Waals surface area contributed by atoms with Gasteiger partial charge in [0.1, 0.15) is 0 Å². The van der Waals surface area contributed by atoms with Crippen LogP contribution in [0.25, 0.3) is 0 Å². The minimum absolute atomic E-state index is 0.0567. The first-order chi connectivity index (χ1) is 15.1. The summed E-state index contributed by atoms with van der Waals surface area (Å²) >= 11 is 0. The number of nitrogens with zero attached hydrogens (tertiary/aromatic N) is 1. The number of hydrogen-bond donors (Lipinski definition) is 1. The number of hydrogen-bond acceptors (Lipinski definition) is 7. The fourth-order valence-electron chi connectivity index (χ4n) is 3.24. The van der Waals surface area contributed by atoms with E-state index in [0.29, 0.717) is 11.5 Å². The fraction of sp³-hybridized carbons (Fsp3) is 0.550. The van der Waals surface area contributed by atoms with Crippen LogP contribution in [0.2, 0.25) is 0 Å². The highest BCUT2D eigenvalue weighted by atomic mass is 19.4. The number of rotatable bonds is 6. The van der Waals surface area contributed by atoms with Crippen LogP contribution in [0.4, 0.5) is 18.0 Å². The lowest BCUT2D eigenvalue weighted by Crippen LogP contribution is -2.43. The van der Waals surface area contributed by atoms with Crippen LogP contribution in [-0.2, 0) is 25.6 Å². The Morgan fingerprint density at radius 1 is 1.19 bits per heavy atom. The molecule has 1 fully saturated rings. The fourth-order valence-corrected chi connectivity index (χ4v) is 3.24. The Labute approximate surface area is 181 Å². The van der Waals surface area contributed by atoms with E-state index in [-0.39, 0.29) is 39.3 Å². The molecule has 0 aromatic heterocycles. The molecule has 0 spiro atoms. The highest BCUT2D eigenvalue weighted by Gasteiger charge is 2.34. The number of nitrogens with one attached hydrogen (secondary N) is 1. The van der Waals surface area contributed by atoms with Crippen molar-refractivity contribution < 1.29 is 46.5 Å². The Morgan fingerprint density at radius 2 is 1.88 bits per heavy atom. The van der Waals surface area contributed by atoms with Crippen LogP contribution >= 0.6 is 0 Å². The van der Waals surface area contributed by atoms with E-state index in [0.717, 1.165) is 10.5 Å². The first-order valence-electron chi connectivity index (χ1n) is 9.97. The zero-order valence-corrected chi connectivity index (χ0v) is 17.3. The van der Waals surface area contributed by atoms with Crippen LogP contribution in [0, 0.1) is 5.92 Å². The second kappa shape index (κ2) is 9.96. The van der Waals surface area contributed by atoms with Crippen LogP contribution in [0.3, 0.4) is 0 Å². The van der Waals surface area contributed by atoms with Gasteiger partial charge in [0.05, 0.1) is 5.92 Å². The van der Waals surface area contributed by atoms with Crippen molar-refractivity contribution in [3.8, 4) is 11.5 Å². The maximum atomic E-state index is 12.3. The average Bonchev–Trinajstić information content (AvgIpc) is 3.23. The molecule has 3 rings (SSSR count). The molecule has 12 heteroatoms. The molecule has 0 saturated carbocycles. The molecule has 0 aliphatic carbocycles. The van der Waals surface area contributed by atoms with Crippen LogP contribution in [-0.4, -0.2) is 61.6 Å². The van der Waals surface area contributed by atoms with Gasteiger partial charge in [0, 0.05) is 19.6 Å². The van der Waals surface area contributed by atoms with Gasteiger partial charge in [-0.3, -0.25) is 9.59 Å². The molecule has 0 radical (unpaired) electrons. The van der Waals surface area contributed by atoms with Gasteiger partial charge >= 0.3 is 18.2 Å². The number of piperidine rings is 1. The van der Waals surface area contributed by atoms with E-state index in [2.05, 4.69) is 10.1 Å². The summed E-state index contributed by atoms with van der Waals surface area (Å²) in [7, 11) is 0. The Morgan fingerprint density at radius 3 is 2.56 bits per heavy atom. The standard InChI is InChI=1S/C20H23F3N2O7/c1-12(17(26)24-9-13-2-3-15-16(8-13)31-11-30-15)32-18(27)14-4-6-25(7-5-14)19(28)29-10-20(21,22)23/h2-3,8,12,14H,4-7,9-11H2,1H3,(H,24,26). The van der Waals surface area contributed by atoms with Gasteiger partial charge in [0.15, 0.2) is 24.2 Å². The maximum absolute atomic E-state index is 12.3. The molecule has 176 valence electrons. The second-order valence-electron chi connectivity index (χ2n) is 7.42. The SMILES string of the molecule is CC(OC(=O)C1CCN(C(=O)OCC(F)(F)F)CC1)C(=O)NCc1ccc2c(c1)OCO2. The van der Waals surface area contributed by atoms with Gasteiger partial charge in [-0.1, -0.05) is 6.07 Å². The van der Waals surface area contributed by atoms with Crippen molar-refractivity contribution in [2.24, 2.45) is 5.92 Å². The third-order valence-electron chi connectivity index (χ3n) is 5.01. The van der Waals surface area contributed by atoms with Crippen molar-refractivity contribution in [1.82, 2.24) is 10.2 Å². The van der Waals surface area contributed by atoms with Crippen molar-refractivity contribution in [2.45, 2.75) is 38.6 Å². The van der Waals surface area contributed by atoms with Crippen molar-refractivity contribution in [3.05, 3.63) is 23.8 Å². The van der Waals surface area contributed by atoms with Gasteiger partial charge in [-0.25, -0.2) is 4.79 Å². The van der Waals surface area contributed by atoms with E-state index in [1.54, 1.807) is 18.2 Å². The van der Waals surface area contributed by atoms with Crippen LogP contribution in [0.5, 0.6) is 11.5 Å². The van der Waals surface area contributed by atoms with Crippen molar-refractivity contribution >= 4 is 18.0 Å². The molecule has 9 nitrogen and oxygen atoms in total. The molecule has 1 unspecified atom stereocenters. The van der Waals surface area contributed by atoms with Crippen LogP contribution in [0.1, 0.15) is 25.3 Å². The smallest absolute Gasteiger partial charge is 0.422 e. The van der Waals surface area contributed by atoms with Gasteiger partial charge in [-0.2, -0.15) is 13.2 Å². The molecule has 1 aromatic carbocycles. The van der Waals surface area contributed by atoms with Gasteiger partial charge in [0.2, 0.25) is 6.79 Å². The number of alkyl halides is 3. The second-order valence-corrected chi connectivity index (χ2v) is 7.42. The van der Waals surface area contributed by atoms with Crippen LogP contribution < -0.4 is 14.8 Å². The largest absolute Gasteiger partial charge is 0.454 e. The Kier molecular flexibility index (Phi) is 7.31. The zero-order valence-electron chi connectivity index (χ0n) is 17.3. The summed E-state index contributed by atoms with van der Waals surface area (Å²) in [5, 5.41) is 2.67. The number of amides is 2. The lowest BCUT2D eigenvalue weighted by molar-refractivity contribution is -0.163. The summed E-state index contributed by atoms with van der Waals surface area (Å²) in [4.78, 5) is 37.4. The highest BCUT2D eigenvalue weighted by Crippen LogP contribution is 2.32. The third kappa shape index (κ3) is 6.41. The normalized spacial score (nSPS) is 16.9. The number of ether oxygens (including phenoxy) is 4. The van der Waals surface area contributed by atoms with E-state index >= 15 is 0 Å². The summed E-state index contributed by atoms with van der Waals surface area (Å²) in [6.45, 7) is 0.243. The van der Waals surface area contributed by atoms with E-state index in [1.165, 1.54) is 6.92 Å². The molecule has 2 amide bonds. The number of carbonyl (C=O) groups excluding carboxylic acids is 3. The van der Waals surface area contributed by atoms with Gasteiger partial charge < -0.3 is 29.2 Å². The lowest BCUT2D eigenvalue weighted by Gasteiger charge is -2.30. The zero-order chi connectivity index (χ0) is 23.3. The number of fused-ring (bicyclic) bond motifs is 1. The molecule has 1 N–H and O–H groups in total. The summed E-state index contributed by atoms with van der Waals surface area (Å²) in [6, 6.07) is 5.25. The van der Waals surface area contributed by atoms with Gasteiger partial charge in [-0.15, -0.1) is 0 Å². The van der Waals surface area contributed by atoms with Gasteiger partial charge in [-0.05, 0) is 37.5 Å². The molecule has 2 aliphatic heterocycles. The molecular formula is C20H23F3N2O7. The third-order valence-corrected chi connectivity index (χ3v) is 5.01. The van der Waals surface area contributed by atoms with E-state index in [4.69, 9.17) is 14.2 Å². The van der Waals surface area contributed by atoms with Crippen molar-refractivity contribution in [2.75, 3.05) is 26.5 Å². The number of benzene rings is 1. The molecule has 1 atom stereocenters. The highest BCUT2D eigenvalue weighted by molar-refractivity contribution is 5.84. The minimum Gasteiger partial charge on any atom is -0.454 e. The summed E-state index contributed by atoms with van der Waals surface area (Å²) < 4.78 is 56.4. The Hall–Kier alpha value is -3.18. The number of esters is 1. The lowest BCUT2D eigenvalue weighted by atomic mass is 9.97. The summed E-state index contributed by atoms with van der Waals surface area (Å²) in [5.74, 6) is -0.430. The first-order valence-corrected chi connectivity index (χ1v) is 9.97. The molecule has 32 heavy (non-hydrogen) atoms. The monoisotopic (exact) mass is 460 g/mol. The molecule has 1 saturated heterocycles. The molecule has 0 bridgehead atoms. The minimum atomic E-state index is -4.60. The van der Waals surface area contributed by atoms with E-state index in [9.17, 15) is 27.6 Å². The summed E-state index contributed by atoms with van der Waals surface area (Å²) in [6.07, 6.45) is -6.31. The Balaban J connectivity index is 1.38. The predicted octanol–water partition coefficient (Wildman–Crippen LogP) is 2.37. The first kappa shape index (κ1) is 23.5. The predicted molar refractivity (Wildman–Crippen MR) is 102 cm³/mol. The molecule has 2 heterocycles. The topological polar surface area (TPSA) is 103 Å². The van der Waals surface area contributed by atoms with E-state index < -0.39 is 42.8 Å². The number of halogens is 3. The molecule has 2 aliphatic rings. The average molecular weight is 460 g/mol. The number of carbonyl (C=O) groups is 3. The van der Waals surface area contributed by atoms with Crippen molar-refractivity contribution in [1.29, 1.82) is 0 Å². The summed E-state index contributed by atoms with van der Waals surface area (Å²) in [5.41, 5.74) is 0.783. The van der Waals surface area contributed by atoms with E-state index in [1.807, 2.05) is 0 Å². The quantitative estimate of drug-likeness (QED) is 0.650. The maximum Gasteiger partial charge on any atom is 0.422 e. The van der Waals surface area contributed by atoms with Crippen LogP contribution in [0.15, 0.2) is 18.2 Å². The Bertz CT molecular complexity index is 854. The van der Waals surface area contributed by atoms with Gasteiger partial charge in [0.25, 0.3) is 5.91 Å². The molecule has 1 aromatic rings.